The van der Waals surface area contributed by atoms with Gasteiger partial charge in [-0.25, -0.2) is 0 Å². The molecule has 0 unspecified atom stereocenters. The monoisotopic (exact) mass is 175 g/mol. The lowest BCUT2D eigenvalue weighted by atomic mass is 10.0. The van der Waals surface area contributed by atoms with Crippen molar-refractivity contribution in [2.75, 3.05) is 5.75 Å². The number of hydrogen-bond donors (Lipinski definition) is 0. The molecule has 0 bridgehead atoms. The summed E-state index contributed by atoms with van der Waals surface area (Å²) in [5.41, 5.74) is 1.29. The third-order valence-corrected chi connectivity index (χ3v) is 3.63. The summed E-state index contributed by atoms with van der Waals surface area (Å²) in [5, 5.41) is 9.18. The Kier molecular flexibility index (Phi) is 2.05. The number of rotatable bonds is 1. The van der Waals surface area contributed by atoms with Crippen LogP contribution in [0.5, 0.6) is 0 Å². The summed E-state index contributed by atoms with van der Waals surface area (Å²) in [5.74, 6) is 1.23. The van der Waals surface area contributed by atoms with E-state index in [0.717, 1.165) is 5.75 Å². The van der Waals surface area contributed by atoms with Gasteiger partial charge in [-0.3, -0.25) is 0 Å². The molecule has 1 nitrogen and oxygen atoms in total. The predicted octanol–water partition coefficient (Wildman–Crippen LogP) is 2.61. The molecule has 0 N–H and O–H groups in total. The van der Waals surface area contributed by atoms with Crippen LogP contribution in [0.15, 0.2) is 30.3 Å². The molecule has 1 aromatic rings. The molecular formula is C10H9NS. The van der Waals surface area contributed by atoms with Crippen LogP contribution in [-0.2, 0) is 0 Å². The molecular weight excluding hydrogens is 166 g/mol. The van der Waals surface area contributed by atoms with Crippen LogP contribution in [0.1, 0.15) is 10.8 Å². The van der Waals surface area contributed by atoms with Gasteiger partial charge in [-0.1, -0.05) is 30.3 Å². The molecule has 0 amide bonds. The minimum Gasteiger partial charge on any atom is -0.198 e. The van der Waals surface area contributed by atoms with Crippen LogP contribution in [0, 0.1) is 17.2 Å². The molecule has 0 aliphatic carbocycles. The lowest BCUT2D eigenvalue weighted by Crippen LogP contribution is -2.21. The molecule has 1 saturated heterocycles. The summed E-state index contributed by atoms with van der Waals surface area (Å²) in [7, 11) is 0. The number of thioether (sulfide) groups is 1. The molecule has 0 aromatic heterocycles. The van der Waals surface area contributed by atoms with E-state index in [-0.39, 0.29) is 5.92 Å². The molecule has 2 heteroatoms. The quantitative estimate of drug-likeness (QED) is 0.655. The minimum atomic E-state index is 0.234. The van der Waals surface area contributed by atoms with Gasteiger partial charge >= 0.3 is 0 Å². The number of nitriles is 1. The Labute approximate surface area is 76.4 Å². The molecule has 12 heavy (non-hydrogen) atoms. The van der Waals surface area contributed by atoms with Crippen LogP contribution in [0.4, 0.5) is 0 Å². The van der Waals surface area contributed by atoms with Gasteiger partial charge in [0.2, 0.25) is 0 Å². The third kappa shape index (κ3) is 1.21. The Morgan fingerprint density at radius 2 is 2.08 bits per heavy atom. The highest BCUT2D eigenvalue weighted by molar-refractivity contribution is 8.00. The molecule has 1 heterocycles. The van der Waals surface area contributed by atoms with Crippen molar-refractivity contribution in [1.82, 2.24) is 0 Å². The Morgan fingerprint density at radius 3 is 2.58 bits per heavy atom. The van der Waals surface area contributed by atoms with Gasteiger partial charge < -0.3 is 0 Å². The normalized spacial score (nSPS) is 27.2. The zero-order valence-corrected chi connectivity index (χ0v) is 7.42. The van der Waals surface area contributed by atoms with E-state index >= 15 is 0 Å². The fraction of sp³-hybridized carbons (Fsp3) is 0.300. The topological polar surface area (TPSA) is 23.8 Å². The van der Waals surface area contributed by atoms with Crippen LogP contribution >= 0.6 is 11.8 Å². The van der Waals surface area contributed by atoms with E-state index in [0.29, 0.717) is 5.25 Å². The van der Waals surface area contributed by atoms with Crippen molar-refractivity contribution in [3.63, 3.8) is 0 Å². The zero-order valence-electron chi connectivity index (χ0n) is 6.60. The van der Waals surface area contributed by atoms with Gasteiger partial charge in [0.1, 0.15) is 0 Å². The van der Waals surface area contributed by atoms with Crippen LogP contribution in [0.25, 0.3) is 0 Å². The van der Waals surface area contributed by atoms with Gasteiger partial charge in [0.15, 0.2) is 0 Å². The van der Waals surface area contributed by atoms with Gasteiger partial charge in [-0.15, -0.1) is 0 Å². The lowest BCUT2D eigenvalue weighted by molar-refractivity contribution is 0.682. The highest BCUT2D eigenvalue weighted by atomic mass is 32.2. The summed E-state index contributed by atoms with van der Waals surface area (Å²) in [6.45, 7) is 0. The predicted molar refractivity (Wildman–Crippen MR) is 50.7 cm³/mol. The highest BCUT2D eigenvalue weighted by Gasteiger charge is 2.32. The zero-order chi connectivity index (χ0) is 8.39. The first-order chi connectivity index (χ1) is 5.92. The molecule has 1 aliphatic heterocycles. The minimum absolute atomic E-state index is 0.234. The molecule has 1 fully saturated rings. The highest BCUT2D eigenvalue weighted by Crippen LogP contribution is 2.46. The van der Waals surface area contributed by atoms with Crippen molar-refractivity contribution < 1.29 is 0 Å². The van der Waals surface area contributed by atoms with Crippen LogP contribution < -0.4 is 0 Å². The van der Waals surface area contributed by atoms with E-state index in [1.54, 1.807) is 0 Å². The van der Waals surface area contributed by atoms with Crippen LogP contribution in [0.2, 0.25) is 0 Å². The van der Waals surface area contributed by atoms with E-state index in [2.05, 4.69) is 18.2 Å². The molecule has 1 aliphatic rings. The van der Waals surface area contributed by atoms with Gasteiger partial charge in [-0.2, -0.15) is 17.0 Å². The maximum Gasteiger partial charge on any atom is 0.0713 e. The average Bonchev–Trinajstić information content (AvgIpc) is 2.05. The third-order valence-electron chi connectivity index (χ3n) is 2.11. The largest absolute Gasteiger partial charge is 0.198 e. The molecule has 0 radical (unpaired) electrons. The number of nitrogens with zero attached hydrogens (tertiary/aromatic N) is 1. The smallest absolute Gasteiger partial charge is 0.0713 e. The van der Waals surface area contributed by atoms with Crippen molar-refractivity contribution in [3.8, 4) is 6.07 Å². The summed E-state index contributed by atoms with van der Waals surface area (Å²) in [6.07, 6.45) is 0. The SMILES string of the molecule is N#C[C@@H]1CS[C@@H]1c1ccccc1. The van der Waals surface area contributed by atoms with Gasteiger partial charge in [0.25, 0.3) is 0 Å². The molecule has 60 valence electrons. The fourth-order valence-corrected chi connectivity index (χ4v) is 2.43. The first-order valence-corrected chi connectivity index (χ1v) is 5.03. The molecule has 2 rings (SSSR count). The number of benzene rings is 1. The molecule has 2 atom stereocenters. The lowest BCUT2D eigenvalue weighted by Gasteiger charge is -2.30. The second-order valence-corrected chi connectivity index (χ2v) is 4.07. The van der Waals surface area contributed by atoms with Crippen LogP contribution in [-0.4, -0.2) is 5.75 Å². The number of hydrogen-bond acceptors (Lipinski definition) is 2. The van der Waals surface area contributed by atoms with Crippen molar-refractivity contribution in [2.24, 2.45) is 5.92 Å². The van der Waals surface area contributed by atoms with Gasteiger partial charge in [0.05, 0.1) is 12.0 Å². The van der Waals surface area contributed by atoms with Crippen LogP contribution in [0.3, 0.4) is 0 Å². The summed E-state index contributed by atoms with van der Waals surface area (Å²) >= 11 is 1.87. The fourth-order valence-electron chi connectivity index (χ4n) is 1.36. The van der Waals surface area contributed by atoms with Gasteiger partial charge in [-0.05, 0) is 5.56 Å². The Bertz CT molecular complexity index is 301. The second kappa shape index (κ2) is 3.20. The Morgan fingerprint density at radius 1 is 1.33 bits per heavy atom. The maximum atomic E-state index is 8.75. The molecule has 0 saturated carbocycles. The van der Waals surface area contributed by atoms with E-state index in [1.807, 2.05) is 30.0 Å². The summed E-state index contributed by atoms with van der Waals surface area (Å²) < 4.78 is 0. The van der Waals surface area contributed by atoms with E-state index in [1.165, 1.54) is 5.56 Å². The van der Waals surface area contributed by atoms with Crippen molar-refractivity contribution in [2.45, 2.75) is 5.25 Å². The average molecular weight is 175 g/mol. The van der Waals surface area contributed by atoms with Crippen molar-refractivity contribution in [1.29, 1.82) is 5.26 Å². The first kappa shape index (κ1) is 7.70. The Balaban J connectivity index is 2.17. The van der Waals surface area contributed by atoms with Crippen molar-refractivity contribution in [3.05, 3.63) is 35.9 Å². The maximum absolute atomic E-state index is 8.75. The summed E-state index contributed by atoms with van der Waals surface area (Å²) in [6, 6.07) is 12.6. The standard InChI is InChI=1S/C10H9NS/c11-6-9-7-12-10(9)8-4-2-1-3-5-8/h1-5,9-10H,7H2/t9-,10-/m1/s1. The second-order valence-electron chi connectivity index (χ2n) is 2.90. The molecule has 1 aromatic carbocycles. The van der Waals surface area contributed by atoms with E-state index < -0.39 is 0 Å². The Hall–Kier alpha value is -0.940. The van der Waals surface area contributed by atoms with Crippen molar-refractivity contribution >= 4 is 11.8 Å². The first-order valence-electron chi connectivity index (χ1n) is 3.98. The summed E-state index contributed by atoms with van der Waals surface area (Å²) in [4.78, 5) is 0. The van der Waals surface area contributed by atoms with Gasteiger partial charge in [0, 0.05) is 11.0 Å². The van der Waals surface area contributed by atoms with E-state index in [9.17, 15) is 0 Å². The molecule has 0 spiro atoms. The van der Waals surface area contributed by atoms with E-state index in [4.69, 9.17) is 5.26 Å².